The van der Waals surface area contributed by atoms with Gasteiger partial charge in [0.25, 0.3) is 5.91 Å². The lowest BCUT2D eigenvalue weighted by molar-refractivity contribution is 0.0133. The molecule has 1 aromatic heterocycles. The van der Waals surface area contributed by atoms with Gasteiger partial charge in [-0.3, -0.25) is 9.78 Å². The lowest BCUT2D eigenvalue weighted by atomic mass is 9.70. The van der Waals surface area contributed by atoms with Crippen LogP contribution in [-0.4, -0.2) is 72.8 Å². The van der Waals surface area contributed by atoms with Crippen molar-refractivity contribution < 1.29 is 28.0 Å². The zero-order chi connectivity index (χ0) is 36.9. The molecule has 1 N–H and O–H groups in total. The fraction of sp³-hybridized carbons (Fsp3) is 0.475. The summed E-state index contributed by atoms with van der Waals surface area (Å²) in [4.78, 5) is 35.2. The van der Waals surface area contributed by atoms with Crippen LogP contribution in [0.25, 0.3) is 0 Å². The summed E-state index contributed by atoms with van der Waals surface area (Å²) in [5.74, 6) is 1.10. The monoisotopic (exact) mass is 760 g/mol. The van der Waals surface area contributed by atoms with Crippen LogP contribution in [-0.2, 0) is 32.5 Å². The van der Waals surface area contributed by atoms with Crippen LogP contribution < -0.4 is 19.7 Å². The number of likely N-dealkylation sites (tertiary alicyclic amines) is 1. The summed E-state index contributed by atoms with van der Waals surface area (Å²) < 4.78 is 36.5. The van der Waals surface area contributed by atoms with Crippen molar-refractivity contribution in [3.8, 4) is 11.5 Å². The summed E-state index contributed by atoms with van der Waals surface area (Å²) in [5, 5.41) is 2.74. The molecular formula is C40H47ClN5O6S-. The Morgan fingerprint density at radius 1 is 1.04 bits per heavy atom. The third-order valence-corrected chi connectivity index (χ3v) is 12.5. The van der Waals surface area contributed by atoms with Crippen molar-refractivity contribution in [3.05, 3.63) is 94.8 Å². The average Bonchev–Trinajstić information content (AvgIpc) is 3.15. The van der Waals surface area contributed by atoms with Gasteiger partial charge in [0.1, 0.15) is 17.6 Å². The standard InChI is InChI=1S/C40H47ClN5O6S/c1-26-6-5-8-36(50-2)34-13-10-30(34)23-45-22-29-9-12-31(41)20-27(29)7-3-4-19-51-37-14-11-28(21-35(37)45)38(47)44-53(49)39(26)43-40(48)46-24-33(25-46)52-32-15-17-42-18-16-32/h5,8-9,11-12,14-18,20-21,26,30,33-34,36,39H,3-4,6-7,10,13,19,22-25H2,1-2H3,(H,43,48)/q-1/b8-5+/t26-,30-,34+,36-,39?/m0/s1. The second-order valence-corrected chi connectivity index (χ2v) is 16.2. The van der Waals surface area contributed by atoms with Crippen molar-refractivity contribution in [1.29, 1.82) is 0 Å². The molecule has 2 aromatic carbocycles. The van der Waals surface area contributed by atoms with E-state index in [2.05, 4.69) is 37.8 Å². The number of rotatable bonds is 4. The number of hydrogen-bond donors (Lipinski definition) is 1. The van der Waals surface area contributed by atoms with Gasteiger partial charge >= 0.3 is 6.03 Å². The van der Waals surface area contributed by atoms with Gasteiger partial charge in [0.15, 0.2) is 0 Å². The Hall–Kier alpha value is -4.13. The van der Waals surface area contributed by atoms with Crippen LogP contribution in [0.2, 0.25) is 5.02 Å². The summed E-state index contributed by atoms with van der Waals surface area (Å²) in [5.41, 5.74) is 3.50. The number of halogens is 1. The number of pyridine rings is 1. The second kappa shape index (κ2) is 16.9. The number of anilines is 1. The van der Waals surface area contributed by atoms with Gasteiger partial charge in [0.05, 0.1) is 31.5 Å². The van der Waals surface area contributed by atoms with Crippen LogP contribution in [0.5, 0.6) is 11.5 Å². The first kappa shape index (κ1) is 37.2. The highest BCUT2D eigenvalue weighted by Gasteiger charge is 2.38. The maximum absolute atomic E-state index is 14.0. The molecule has 13 heteroatoms. The summed E-state index contributed by atoms with van der Waals surface area (Å²) >= 11 is 6.46. The van der Waals surface area contributed by atoms with E-state index in [1.54, 1.807) is 42.6 Å². The number of aryl methyl sites for hydroxylation is 1. The van der Waals surface area contributed by atoms with Crippen LogP contribution in [0.3, 0.4) is 0 Å². The van der Waals surface area contributed by atoms with Gasteiger partial charge in [-0.1, -0.05) is 36.7 Å². The number of carbonyl (C=O) groups is 2. The molecule has 5 atom stereocenters. The van der Waals surface area contributed by atoms with E-state index in [1.165, 1.54) is 11.1 Å². The molecule has 3 aliphatic heterocycles. The van der Waals surface area contributed by atoms with E-state index in [0.717, 1.165) is 44.3 Å². The Bertz CT molecular complexity index is 1900. The smallest absolute Gasteiger partial charge is 0.316 e. The van der Waals surface area contributed by atoms with E-state index in [9.17, 15) is 13.8 Å². The number of ether oxygens (including phenoxy) is 3. The number of carbonyl (C=O) groups excluding carboxylic acids is 2. The number of fused-ring (bicyclic) bond motifs is 3. The summed E-state index contributed by atoms with van der Waals surface area (Å²) in [6.45, 7) is 4.55. The van der Waals surface area contributed by atoms with Crippen molar-refractivity contribution >= 4 is 39.8 Å². The van der Waals surface area contributed by atoms with Crippen molar-refractivity contribution in [3.63, 3.8) is 0 Å². The first-order valence-electron chi connectivity index (χ1n) is 18.5. The Morgan fingerprint density at radius 2 is 1.87 bits per heavy atom. The summed E-state index contributed by atoms with van der Waals surface area (Å²) in [6, 6.07) is 14.6. The van der Waals surface area contributed by atoms with Gasteiger partial charge < -0.3 is 37.9 Å². The minimum Gasteiger partial charge on any atom is -0.491 e. The first-order valence-corrected chi connectivity index (χ1v) is 20.1. The quantitative estimate of drug-likeness (QED) is 0.219. The van der Waals surface area contributed by atoms with Gasteiger partial charge in [0.2, 0.25) is 0 Å². The fourth-order valence-corrected chi connectivity index (χ4v) is 8.91. The zero-order valence-corrected chi connectivity index (χ0v) is 31.8. The van der Waals surface area contributed by atoms with Crippen LogP contribution >= 0.6 is 11.6 Å². The number of amides is 3. The number of methoxy groups -OCH3 is 1. The largest absolute Gasteiger partial charge is 0.491 e. The number of nitrogens with zero attached hydrogens (tertiary/aromatic N) is 4. The highest BCUT2D eigenvalue weighted by atomic mass is 35.5. The molecule has 2 fully saturated rings. The third kappa shape index (κ3) is 8.82. The molecule has 0 spiro atoms. The zero-order valence-electron chi connectivity index (χ0n) is 30.2. The molecule has 7 rings (SSSR count). The molecule has 3 aromatic rings. The number of urea groups is 1. The highest BCUT2D eigenvalue weighted by Crippen LogP contribution is 2.42. The Balaban J connectivity index is 1.19. The summed E-state index contributed by atoms with van der Waals surface area (Å²) in [7, 11) is -0.333. The Labute approximate surface area is 318 Å². The molecule has 4 heterocycles. The third-order valence-electron chi connectivity index (χ3n) is 10.9. The van der Waals surface area contributed by atoms with Crippen LogP contribution in [0.4, 0.5) is 10.5 Å². The predicted molar refractivity (Wildman–Crippen MR) is 205 cm³/mol. The van der Waals surface area contributed by atoms with E-state index in [4.69, 9.17) is 25.8 Å². The Kier molecular flexibility index (Phi) is 11.9. The SMILES string of the molecule is CO[C@H]1/C=C/C[C@H](C)C(NC(=O)N2CC(Oc3ccncc3)C2)[S-](=O)=NC(=O)c2ccc3c(c2)N(Cc2ccc(Cl)cc2CCCCO3)C[C@@H]2CC[C@H]21. The molecule has 1 saturated carbocycles. The minimum absolute atomic E-state index is 0.103. The van der Waals surface area contributed by atoms with Crippen LogP contribution in [0.15, 0.2) is 77.4 Å². The number of allylic oxidation sites excluding steroid dienone is 1. The van der Waals surface area contributed by atoms with Crippen molar-refractivity contribution in [2.75, 3.05) is 38.3 Å². The van der Waals surface area contributed by atoms with Crippen molar-refractivity contribution in [2.45, 2.75) is 69.6 Å². The van der Waals surface area contributed by atoms with Gasteiger partial charge in [-0.2, -0.15) is 10.6 Å². The van der Waals surface area contributed by atoms with Crippen molar-refractivity contribution in [1.82, 2.24) is 15.2 Å². The number of aromatic nitrogens is 1. The Morgan fingerprint density at radius 3 is 2.64 bits per heavy atom. The lowest BCUT2D eigenvalue weighted by Gasteiger charge is -2.43. The molecule has 0 radical (unpaired) electrons. The van der Waals surface area contributed by atoms with Gasteiger partial charge in [-0.15, -0.1) is 0 Å². The molecule has 1 unspecified atom stereocenters. The first-order chi connectivity index (χ1) is 25.7. The molecule has 4 aliphatic rings. The highest BCUT2D eigenvalue weighted by molar-refractivity contribution is 7.75. The molecule has 2 bridgehead atoms. The van der Waals surface area contributed by atoms with E-state index < -0.39 is 21.9 Å². The molecule has 3 amide bonds. The molecule has 53 heavy (non-hydrogen) atoms. The van der Waals surface area contributed by atoms with E-state index in [0.29, 0.717) is 66.6 Å². The topological polar surface area (TPSA) is 123 Å². The number of benzene rings is 2. The fourth-order valence-electron chi connectivity index (χ4n) is 7.62. The second-order valence-electron chi connectivity index (χ2n) is 14.5. The van der Waals surface area contributed by atoms with E-state index in [-0.39, 0.29) is 24.2 Å². The number of hydrogen-bond acceptors (Lipinski definition) is 9. The number of nitrogens with one attached hydrogen (secondary N) is 1. The van der Waals surface area contributed by atoms with Crippen LogP contribution in [0, 0.1) is 17.8 Å². The molecule has 282 valence electrons. The van der Waals surface area contributed by atoms with E-state index in [1.807, 2.05) is 31.2 Å². The lowest BCUT2D eigenvalue weighted by Crippen LogP contribution is -2.60. The molecule has 11 nitrogen and oxygen atoms in total. The van der Waals surface area contributed by atoms with Crippen LogP contribution in [0.1, 0.15) is 60.5 Å². The van der Waals surface area contributed by atoms with Crippen molar-refractivity contribution in [2.24, 2.45) is 22.1 Å². The predicted octanol–water partition coefficient (Wildman–Crippen LogP) is 7.18. The van der Waals surface area contributed by atoms with E-state index >= 15 is 0 Å². The average molecular weight is 761 g/mol. The van der Waals surface area contributed by atoms with Gasteiger partial charge in [0, 0.05) is 43.2 Å². The molecule has 1 aliphatic carbocycles. The van der Waals surface area contributed by atoms with Gasteiger partial charge in [-0.05, 0) is 115 Å². The minimum atomic E-state index is -2.08. The molecular weight excluding hydrogens is 714 g/mol. The summed E-state index contributed by atoms with van der Waals surface area (Å²) in [6.07, 6.45) is 12.5. The van der Waals surface area contributed by atoms with Gasteiger partial charge in [-0.25, -0.2) is 4.79 Å². The maximum Gasteiger partial charge on any atom is 0.316 e. The maximum atomic E-state index is 14.0. The normalized spacial score (nSPS) is 26.2. The molecule has 1 saturated heterocycles.